The van der Waals surface area contributed by atoms with Crippen molar-refractivity contribution < 1.29 is 23.8 Å². The number of imide groups is 1. The number of hydrogen-bond donors (Lipinski definition) is 0. The molecule has 2 aliphatic heterocycles. The van der Waals surface area contributed by atoms with Crippen LogP contribution in [0.5, 0.6) is 5.75 Å². The maximum atomic E-state index is 13.8. The molecule has 0 unspecified atom stereocenters. The van der Waals surface area contributed by atoms with Crippen molar-refractivity contribution in [2.24, 2.45) is 11.8 Å². The number of carbonyl (C=O) groups excluding carboxylic acids is 2. The van der Waals surface area contributed by atoms with Crippen LogP contribution in [0.1, 0.15) is 31.2 Å². The first-order chi connectivity index (χ1) is 17.0. The summed E-state index contributed by atoms with van der Waals surface area (Å²) in [5, 5.41) is 0. The van der Waals surface area contributed by atoms with Crippen molar-refractivity contribution in [2.45, 2.75) is 43.9 Å². The molecule has 0 N–H and O–H groups in total. The normalized spacial score (nSPS) is 25.7. The predicted octanol–water partition coefficient (Wildman–Crippen LogP) is 4.12. The van der Waals surface area contributed by atoms with E-state index in [9.17, 15) is 9.59 Å². The predicted molar refractivity (Wildman–Crippen MR) is 131 cm³/mol. The van der Waals surface area contributed by atoms with Gasteiger partial charge in [-0.1, -0.05) is 48.5 Å². The Morgan fingerprint density at radius 3 is 2.46 bits per heavy atom. The monoisotopic (exact) mass is 478 g/mol. The lowest BCUT2D eigenvalue weighted by Crippen LogP contribution is -2.56. The number of para-hydroxylation sites is 1. The van der Waals surface area contributed by atoms with Crippen LogP contribution in [0.15, 0.2) is 60.7 Å². The van der Waals surface area contributed by atoms with Gasteiger partial charge in [-0.05, 0) is 49.9 Å². The van der Waals surface area contributed by atoms with E-state index in [4.69, 9.17) is 14.2 Å². The Bertz CT molecular complexity index is 1010. The third kappa shape index (κ3) is 5.42. The molecule has 2 saturated heterocycles. The van der Waals surface area contributed by atoms with Gasteiger partial charge < -0.3 is 19.1 Å². The minimum atomic E-state index is -0.621. The van der Waals surface area contributed by atoms with E-state index in [0.717, 1.165) is 31.2 Å². The molecule has 3 fully saturated rings. The van der Waals surface area contributed by atoms with Crippen molar-refractivity contribution >= 4 is 12.0 Å². The van der Waals surface area contributed by atoms with Gasteiger partial charge in [0.05, 0.1) is 19.1 Å². The van der Waals surface area contributed by atoms with Crippen LogP contribution in [-0.4, -0.2) is 67.0 Å². The molecule has 3 atom stereocenters. The fourth-order valence-electron chi connectivity index (χ4n) is 5.96. The van der Waals surface area contributed by atoms with Crippen molar-refractivity contribution in [1.29, 1.82) is 0 Å². The Kier molecular flexibility index (Phi) is 7.18. The van der Waals surface area contributed by atoms with Crippen LogP contribution in [-0.2, 0) is 20.7 Å². The van der Waals surface area contributed by atoms with E-state index in [1.54, 1.807) is 24.3 Å². The summed E-state index contributed by atoms with van der Waals surface area (Å²) < 4.78 is 17.6. The van der Waals surface area contributed by atoms with Crippen LogP contribution in [0.4, 0.5) is 4.79 Å². The van der Waals surface area contributed by atoms with E-state index in [0.29, 0.717) is 38.0 Å². The second kappa shape index (κ2) is 10.5. The van der Waals surface area contributed by atoms with E-state index in [1.807, 2.05) is 36.4 Å². The quantitative estimate of drug-likeness (QED) is 0.644. The fourth-order valence-corrected chi connectivity index (χ4v) is 5.96. The average molecular weight is 479 g/mol. The second-order valence-corrected chi connectivity index (χ2v) is 9.96. The summed E-state index contributed by atoms with van der Waals surface area (Å²) in [6, 6.07) is 19.2. The number of hydrogen-bond acceptors (Lipinski definition) is 6. The van der Waals surface area contributed by atoms with Crippen LogP contribution in [0, 0.1) is 11.8 Å². The van der Waals surface area contributed by atoms with E-state index in [-0.39, 0.29) is 24.3 Å². The van der Waals surface area contributed by atoms with Gasteiger partial charge >= 0.3 is 6.09 Å². The molecule has 0 radical (unpaired) electrons. The zero-order chi connectivity index (χ0) is 24.3. The molecule has 35 heavy (non-hydrogen) atoms. The molecule has 0 bridgehead atoms. The molecule has 2 amide bonds. The standard InChI is InChI=1S/C28H34N2O5/c1-29-20-23(18-22-19-28(14-12-25(22)29)33-16-17-34-28)26(31)30(15-13-21-8-4-2-5-9-21)27(32)35-24-10-6-3-7-11-24/h2-11,22-23,25H,12-20H2,1H3/t22-,23-,25-/m1/s1. The first-order valence-corrected chi connectivity index (χ1v) is 12.6. The number of rotatable bonds is 5. The van der Waals surface area contributed by atoms with Crippen molar-refractivity contribution in [2.75, 3.05) is 33.4 Å². The molecule has 186 valence electrons. The van der Waals surface area contributed by atoms with Gasteiger partial charge in [0.15, 0.2) is 5.79 Å². The van der Waals surface area contributed by atoms with Crippen molar-refractivity contribution in [3.63, 3.8) is 0 Å². The lowest BCUT2D eigenvalue weighted by Gasteiger charge is -2.49. The fraction of sp³-hybridized carbons (Fsp3) is 0.500. The zero-order valence-corrected chi connectivity index (χ0v) is 20.3. The highest BCUT2D eigenvalue weighted by Crippen LogP contribution is 2.45. The van der Waals surface area contributed by atoms with Gasteiger partial charge in [0.1, 0.15) is 5.75 Å². The lowest BCUT2D eigenvalue weighted by molar-refractivity contribution is -0.202. The number of likely N-dealkylation sites (tertiary alicyclic amines) is 1. The first kappa shape index (κ1) is 24.0. The summed E-state index contributed by atoms with van der Waals surface area (Å²) in [6.45, 7) is 2.18. The van der Waals surface area contributed by atoms with Crippen LogP contribution < -0.4 is 4.74 Å². The zero-order valence-electron chi connectivity index (χ0n) is 20.3. The second-order valence-electron chi connectivity index (χ2n) is 9.96. The lowest BCUT2D eigenvalue weighted by atomic mass is 9.72. The Balaban J connectivity index is 1.32. The van der Waals surface area contributed by atoms with Gasteiger partial charge in [0, 0.05) is 32.0 Å². The molecule has 2 aromatic carbocycles. The third-order valence-corrected chi connectivity index (χ3v) is 7.66. The van der Waals surface area contributed by atoms with Gasteiger partial charge in [0.25, 0.3) is 0 Å². The molecular weight excluding hydrogens is 444 g/mol. The van der Waals surface area contributed by atoms with Crippen LogP contribution in [0.2, 0.25) is 0 Å². The Hall–Kier alpha value is -2.74. The Morgan fingerprint density at radius 2 is 1.74 bits per heavy atom. The minimum absolute atomic E-state index is 0.167. The molecule has 3 aliphatic rings. The van der Waals surface area contributed by atoms with Crippen molar-refractivity contribution in [3.05, 3.63) is 66.2 Å². The molecule has 7 nitrogen and oxygen atoms in total. The van der Waals surface area contributed by atoms with E-state index < -0.39 is 11.9 Å². The van der Waals surface area contributed by atoms with Gasteiger partial charge in [-0.2, -0.15) is 0 Å². The summed E-state index contributed by atoms with van der Waals surface area (Å²) in [5.74, 6) is -0.222. The molecule has 1 saturated carbocycles. The smallest absolute Gasteiger partial charge is 0.410 e. The minimum Gasteiger partial charge on any atom is -0.410 e. The van der Waals surface area contributed by atoms with Gasteiger partial charge in [-0.15, -0.1) is 0 Å². The van der Waals surface area contributed by atoms with Gasteiger partial charge in [-0.25, -0.2) is 9.69 Å². The summed E-state index contributed by atoms with van der Waals surface area (Å²) in [4.78, 5) is 30.6. The van der Waals surface area contributed by atoms with Crippen LogP contribution >= 0.6 is 0 Å². The van der Waals surface area contributed by atoms with Crippen molar-refractivity contribution in [1.82, 2.24) is 9.80 Å². The number of piperidine rings is 1. The van der Waals surface area contributed by atoms with E-state index >= 15 is 0 Å². The number of ether oxygens (including phenoxy) is 3. The number of amides is 2. The van der Waals surface area contributed by atoms with Crippen LogP contribution in [0.25, 0.3) is 0 Å². The van der Waals surface area contributed by atoms with Crippen LogP contribution in [0.3, 0.4) is 0 Å². The molecule has 2 aromatic rings. The van der Waals surface area contributed by atoms with Gasteiger partial charge in [-0.3, -0.25) is 4.79 Å². The maximum Gasteiger partial charge on any atom is 0.422 e. The number of carbonyl (C=O) groups is 2. The highest BCUT2D eigenvalue weighted by Gasteiger charge is 2.49. The highest BCUT2D eigenvalue weighted by molar-refractivity contribution is 5.94. The molecular formula is C28H34N2O5. The summed E-state index contributed by atoms with van der Waals surface area (Å²) in [5.41, 5.74) is 1.07. The first-order valence-electron chi connectivity index (χ1n) is 12.6. The molecule has 5 rings (SSSR count). The molecule has 0 aromatic heterocycles. The third-order valence-electron chi connectivity index (χ3n) is 7.66. The summed E-state index contributed by atoms with van der Waals surface area (Å²) in [7, 11) is 2.09. The Labute approximate surface area is 206 Å². The summed E-state index contributed by atoms with van der Waals surface area (Å²) in [6.07, 6.45) is 3.37. The largest absolute Gasteiger partial charge is 0.422 e. The molecule has 2 heterocycles. The number of fused-ring (bicyclic) bond motifs is 1. The van der Waals surface area contributed by atoms with Gasteiger partial charge in [0.2, 0.25) is 5.91 Å². The average Bonchev–Trinajstić information content (AvgIpc) is 3.32. The number of nitrogens with zero attached hydrogens (tertiary/aromatic N) is 2. The highest BCUT2D eigenvalue weighted by atomic mass is 16.7. The summed E-state index contributed by atoms with van der Waals surface area (Å²) >= 11 is 0. The molecule has 1 spiro atoms. The topological polar surface area (TPSA) is 68.3 Å². The Morgan fingerprint density at radius 1 is 1.06 bits per heavy atom. The molecule has 7 heteroatoms. The number of benzene rings is 2. The maximum absolute atomic E-state index is 13.8. The molecule has 1 aliphatic carbocycles. The SMILES string of the molecule is CN1C[C@H](C(=O)N(CCc2ccccc2)C(=O)Oc2ccccc2)C[C@@H]2CC3(CC[C@H]21)OCCO3. The van der Waals surface area contributed by atoms with Crippen molar-refractivity contribution in [3.8, 4) is 5.75 Å². The van der Waals surface area contributed by atoms with E-state index in [1.165, 1.54) is 4.90 Å². The van der Waals surface area contributed by atoms with E-state index in [2.05, 4.69) is 11.9 Å².